The lowest BCUT2D eigenvalue weighted by molar-refractivity contribution is -0.141. The van der Waals surface area contributed by atoms with Crippen molar-refractivity contribution >= 4 is 29.5 Å². The highest BCUT2D eigenvalue weighted by atomic mass is 16.6. The van der Waals surface area contributed by atoms with Crippen molar-refractivity contribution in [2.75, 3.05) is 11.9 Å². The number of para-hydroxylation sites is 1. The molecule has 0 heterocycles. The summed E-state index contributed by atoms with van der Waals surface area (Å²) in [5, 5.41) is 5.63. The second-order valence-corrected chi connectivity index (χ2v) is 11.1. The number of aryl methyl sites for hydroxylation is 2. The molecule has 2 rings (SSSR count). The van der Waals surface area contributed by atoms with Gasteiger partial charge >= 0.3 is 6.09 Å². The molecule has 9 heteroatoms. The van der Waals surface area contributed by atoms with Gasteiger partial charge < -0.3 is 26.0 Å². The number of primary amides is 1. The van der Waals surface area contributed by atoms with E-state index in [0.717, 1.165) is 23.1 Å². The molecule has 0 radical (unpaired) electrons. The van der Waals surface area contributed by atoms with Crippen LogP contribution in [0.1, 0.15) is 81.7 Å². The van der Waals surface area contributed by atoms with E-state index in [2.05, 4.69) is 10.6 Å². The summed E-state index contributed by atoms with van der Waals surface area (Å²) < 4.78 is 5.39. The quantitative estimate of drug-likeness (QED) is 0.338. The first-order valence-electron chi connectivity index (χ1n) is 13.8. The lowest BCUT2D eigenvalue weighted by Crippen LogP contribution is -2.53. The van der Waals surface area contributed by atoms with Crippen LogP contribution in [-0.2, 0) is 19.1 Å². The van der Waals surface area contributed by atoms with Crippen molar-refractivity contribution in [2.45, 2.75) is 91.8 Å². The number of rotatable bonds is 12. The van der Waals surface area contributed by atoms with E-state index in [1.165, 1.54) is 4.90 Å². The van der Waals surface area contributed by atoms with Gasteiger partial charge in [-0.05, 0) is 82.7 Å². The van der Waals surface area contributed by atoms with Gasteiger partial charge in [0.1, 0.15) is 17.7 Å². The molecule has 2 aromatic carbocycles. The summed E-state index contributed by atoms with van der Waals surface area (Å²) >= 11 is 0. The van der Waals surface area contributed by atoms with E-state index in [4.69, 9.17) is 10.5 Å². The van der Waals surface area contributed by atoms with Crippen molar-refractivity contribution in [3.8, 4) is 0 Å². The number of hydrogen-bond donors (Lipinski definition) is 3. The Morgan fingerprint density at radius 3 is 2.23 bits per heavy atom. The molecule has 218 valence electrons. The molecule has 0 saturated heterocycles. The maximum atomic E-state index is 14.2. The third kappa shape index (κ3) is 9.39. The maximum Gasteiger partial charge on any atom is 0.408 e. The fourth-order valence-corrected chi connectivity index (χ4v) is 4.32. The van der Waals surface area contributed by atoms with Gasteiger partial charge in [-0.1, -0.05) is 49.7 Å². The number of amides is 4. The number of alkyl carbamates (subject to hydrolysis) is 1. The summed E-state index contributed by atoms with van der Waals surface area (Å²) in [6, 6.07) is 11.0. The SMILES string of the molecule is CCCCN(C(=O)C(CCC(N)=O)NC(=O)OC(C)(C)C)C(C(=O)Nc1ccccc1C)c1cccc(C)c1C. The zero-order valence-electron chi connectivity index (χ0n) is 24.8. The number of ether oxygens (including phenoxy) is 1. The molecule has 0 aliphatic carbocycles. The Bertz CT molecular complexity index is 1200. The fourth-order valence-electron chi connectivity index (χ4n) is 4.32. The van der Waals surface area contributed by atoms with Crippen LogP contribution in [0.5, 0.6) is 0 Å². The predicted molar refractivity (Wildman–Crippen MR) is 157 cm³/mol. The molecule has 0 aromatic heterocycles. The average molecular weight is 553 g/mol. The van der Waals surface area contributed by atoms with Gasteiger partial charge in [-0.15, -0.1) is 0 Å². The molecule has 0 aliphatic rings. The zero-order chi connectivity index (χ0) is 30.0. The molecule has 0 aliphatic heterocycles. The van der Waals surface area contributed by atoms with E-state index >= 15 is 0 Å². The molecule has 0 spiro atoms. The van der Waals surface area contributed by atoms with Crippen LogP contribution in [0.2, 0.25) is 0 Å². The van der Waals surface area contributed by atoms with Crippen molar-refractivity contribution in [1.29, 1.82) is 0 Å². The third-order valence-electron chi connectivity index (χ3n) is 6.61. The van der Waals surface area contributed by atoms with Gasteiger partial charge in [-0.25, -0.2) is 4.79 Å². The lowest BCUT2D eigenvalue weighted by atomic mass is 9.94. The van der Waals surface area contributed by atoms with Crippen LogP contribution >= 0.6 is 0 Å². The number of carbonyl (C=O) groups excluding carboxylic acids is 4. The number of benzene rings is 2. The van der Waals surface area contributed by atoms with Crippen LogP contribution < -0.4 is 16.4 Å². The number of nitrogens with two attached hydrogens (primary N) is 1. The first-order chi connectivity index (χ1) is 18.7. The molecule has 4 N–H and O–H groups in total. The van der Waals surface area contributed by atoms with Crippen molar-refractivity contribution in [1.82, 2.24) is 10.2 Å². The summed E-state index contributed by atoms with van der Waals surface area (Å²) in [5.74, 6) is -1.47. The van der Waals surface area contributed by atoms with Gasteiger partial charge in [0.15, 0.2) is 0 Å². The largest absolute Gasteiger partial charge is 0.444 e. The smallest absolute Gasteiger partial charge is 0.408 e. The van der Waals surface area contributed by atoms with Crippen molar-refractivity contribution in [3.05, 3.63) is 64.7 Å². The first-order valence-corrected chi connectivity index (χ1v) is 13.8. The van der Waals surface area contributed by atoms with Crippen molar-refractivity contribution in [3.63, 3.8) is 0 Å². The van der Waals surface area contributed by atoms with Crippen LogP contribution in [-0.4, -0.2) is 46.9 Å². The van der Waals surface area contributed by atoms with Gasteiger partial charge in [0.05, 0.1) is 0 Å². The molecule has 0 bridgehead atoms. The van der Waals surface area contributed by atoms with Gasteiger partial charge in [0, 0.05) is 18.7 Å². The molecule has 9 nitrogen and oxygen atoms in total. The monoisotopic (exact) mass is 552 g/mol. The molecule has 0 fully saturated rings. The number of hydrogen-bond acceptors (Lipinski definition) is 5. The van der Waals surface area contributed by atoms with Crippen LogP contribution in [0.25, 0.3) is 0 Å². The van der Waals surface area contributed by atoms with Gasteiger partial charge in [0.2, 0.25) is 11.8 Å². The van der Waals surface area contributed by atoms with E-state index in [9.17, 15) is 19.2 Å². The molecular weight excluding hydrogens is 508 g/mol. The van der Waals surface area contributed by atoms with Crippen LogP contribution in [0, 0.1) is 20.8 Å². The Morgan fingerprint density at radius 2 is 1.62 bits per heavy atom. The standard InChI is InChI=1S/C31H44N4O5/c1-8-9-19-35(29(38)25(17-18-26(32)36)34-30(39)40-31(5,6)7)27(23-15-12-14-20(2)22(23)4)28(37)33-24-16-11-10-13-21(24)3/h10-16,25,27H,8-9,17-19H2,1-7H3,(H2,32,36)(H,33,37)(H,34,39). The molecule has 40 heavy (non-hydrogen) atoms. The molecule has 2 atom stereocenters. The Kier molecular flexibility index (Phi) is 11.7. The van der Waals surface area contributed by atoms with Crippen LogP contribution in [0.15, 0.2) is 42.5 Å². The molecule has 0 saturated carbocycles. The highest BCUT2D eigenvalue weighted by Gasteiger charge is 2.37. The van der Waals surface area contributed by atoms with Crippen LogP contribution in [0.3, 0.4) is 0 Å². The van der Waals surface area contributed by atoms with Gasteiger partial charge in [0.25, 0.3) is 5.91 Å². The average Bonchev–Trinajstić information content (AvgIpc) is 2.86. The minimum absolute atomic E-state index is 0.0328. The number of anilines is 1. The summed E-state index contributed by atoms with van der Waals surface area (Å²) in [6.07, 6.45) is 0.443. The third-order valence-corrected chi connectivity index (χ3v) is 6.61. The molecular formula is C31H44N4O5. The maximum absolute atomic E-state index is 14.2. The Balaban J connectivity index is 2.60. The topological polar surface area (TPSA) is 131 Å². The Labute approximate surface area is 237 Å². The van der Waals surface area contributed by atoms with E-state index in [1.807, 2.05) is 70.2 Å². The van der Waals surface area contributed by atoms with E-state index in [0.29, 0.717) is 17.7 Å². The first kappa shape index (κ1) is 32.3. The van der Waals surface area contributed by atoms with E-state index in [1.54, 1.807) is 20.8 Å². The second kappa shape index (κ2) is 14.5. The minimum Gasteiger partial charge on any atom is -0.444 e. The summed E-state index contributed by atoms with van der Waals surface area (Å²) in [5.41, 5.74) is 8.67. The van der Waals surface area contributed by atoms with Gasteiger partial charge in [-0.2, -0.15) is 0 Å². The van der Waals surface area contributed by atoms with E-state index in [-0.39, 0.29) is 25.3 Å². The number of nitrogens with zero attached hydrogens (tertiary/aromatic N) is 1. The molecule has 4 amide bonds. The number of nitrogens with one attached hydrogen (secondary N) is 2. The fraction of sp³-hybridized carbons (Fsp3) is 0.484. The normalized spacial score (nSPS) is 12.7. The zero-order valence-corrected chi connectivity index (χ0v) is 24.8. The Hall–Kier alpha value is -3.88. The second-order valence-electron chi connectivity index (χ2n) is 11.1. The number of carbonyl (C=O) groups is 4. The number of unbranched alkanes of at least 4 members (excludes halogenated alkanes) is 1. The van der Waals surface area contributed by atoms with Crippen LogP contribution in [0.4, 0.5) is 10.5 Å². The predicted octanol–water partition coefficient (Wildman–Crippen LogP) is 5.08. The van der Waals surface area contributed by atoms with Crippen molar-refractivity contribution in [2.24, 2.45) is 5.73 Å². The highest BCUT2D eigenvalue weighted by molar-refractivity contribution is 5.99. The highest BCUT2D eigenvalue weighted by Crippen LogP contribution is 2.30. The Morgan fingerprint density at radius 1 is 0.975 bits per heavy atom. The molecule has 2 aromatic rings. The lowest BCUT2D eigenvalue weighted by Gasteiger charge is -2.35. The van der Waals surface area contributed by atoms with Gasteiger partial charge in [-0.3, -0.25) is 14.4 Å². The minimum atomic E-state index is -1.13. The van der Waals surface area contributed by atoms with Crippen molar-refractivity contribution < 1.29 is 23.9 Å². The summed E-state index contributed by atoms with van der Waals surface area (Å²) in [4.78, 5) is 54.1. The van der Waals surface area contributed by atoms with E-state index < -0.39 is 35.6 Å². The summed E-state index contributed by atoms with van der Waals surface area (Å²) in [7, 11) is 0. The summed E-state index contributed by atoms with van der Waals surface area (Å²) in [6.45, 7) is 13.2. The molecule has 2 unspecified atom stereocenters.